The highest BCUT2D eigenvalue weighted by Gasteiger charge is 2.77. The van der Waals surface area contributed by atoms with E-state index < -0.39 is 182 Å². The maximum absolute atomic E-state index is 13.0. The number of carbonyl (C=O) groups excluding carboxylic acids is 2. The standard InChI is InChI=1S/C55H88O23/c1-24(57)32-13-16-55(65)53(32,8)39(72-29(6)58)22-38-52(7)14-12-31(17-30(52)11-15-54(38,55)64)73-42-20-35(66-9)49(27(4)70-42)77-41-19-34(60)47(25(2)69-41)75-40-18-33(59)48(26(3)68-40)76-43-21-36(67-10)50(28(5)71-43)78-51-46(63)45(62)44(61)37(23-56)74-51/h11,25-28,31-51,56,59-65H,12-23H2,1-10H3/t25-,26-,27-,28-,31+,32+,33+,34+,35+,36-,37-,38-,39-,40+,41+,42+,43+,44-,45+,46-,47-,48-,49-,50-,51+,52+,53+,54+,55-/m1/s1. The molecule has 0 unspecified atom stereocenters. The third kappa shape index (κ3) is 11.0. The van der Waals surface area contributed by atoms with Crippen molar-refractivity contribution in [3.8, 4) is 0 Å². The van der Waals surface area contributed by atoms with Gasteiger partial charge in [-0.2, -0.15) is 0 Å². The zero-order chi connectivity index (χ0) is 56.6. The number of ether oxygens (including phenoxy) is 13. The van der Waals surface area contributed by atoms with Crippen molar-refractivity contribution in [2.24, 2.45) is 22.7 Å². The van der Waals surface area contributed by atoms with Gasteiger partial charge in [0.25, 0.3) is 0 Å². The molecule has 3 saturated carbocycles. The van der Waals surface area contributed by atoms with Crippen LogP contribution in [0.3, 0.4) is 0 Å². The molecule has 4 aliphatic carbocycles. The van der Waals surface area contributed by atoms with E-state index in [0.717, 1.165) is 5.57 Å². The molecule has 5 aliphatic heterocycles. The zero-order valence-electron chi connectivity index (χ0n) is 46.7. The van der Waals surface area contributed by atoms with Crippen molar-refractivity contribution in [1.82, 2.24) is 0 Å². The van der Waals surface area contributed by atoms with Crippen molar-refractivity contribution in [2.45, 2.75) is 279 Å². The molecule has 8 N–H and O–H groups in total. The van der Waals surface area contributed by atoms with Gasteiger partial charge < -0.3 is 102 Å². The van der Waals surface area contributed by atoms with Crippen molar-refractivity contribution in [3.05, 3.63) is 11.6 Å². The molecule has 0 spiro atoms. The number of rotatable bonds is 15. The minimum absolute atomic E-state index is 0.00645. The highest BCUT2D eigenvalue weighted by atomic mass is 16.8. The molecule has 9 aliphatic rings. The minimum Gasteiger partial charge on any atom is -0.462 e. The monoisotopic (exact) mass is 1120 g/mol. The summed E-state index contributed by atoms with van der Waals surface area (Å²) >= 11 is 0. The van der Waals surface area contributed by atoms with Gasteiger partial charge in [0.05, 0.1) is 61.5 Å². The van der Waals surface area contributed by atoms with Crippen molar-refractivity contribution in [2.75, 3.05) is 20.8 Å². The van der Waals surface area contributed by atoms with Crippen molar-refractivity contribution in [1.29, 1.82) is 0 Å². The van der Waals surface area contributed by atoms with Gasteiger partial charge in [-0.3, -0.25) is 9.59 Å². The Morgan fingerprint density at radius 2 is 1.15 bits per heavy atom. The van der Waals surface area contributed by atoms with Gasteiger partial charge in [-0.25, -0.2) is 0 Å². The molecule has 446 valence electrons. The number of esters is 1. The van der Waals surface area contributed by atoms with Gasteiger partial charge in [0.2, 0.25) is 0 Å². The number of hydrogen-bond donors (Lipinski definition) is 8. The van der Waals surface area contributed by atoms with E-state index >= 15 is 0 Å². The number of fused-ring (bicyclic) bond motifs is 5. The maximum atomic E-state index is 13.0. The average Bonchev–Trinajstić information content (AvgIpc) is 3.91. The van der Waals surface area contributed by atoms with Crippen LogP contribution in [0.25, 0.3) is 0 Å². The molecule has 0 radical (unpaired) electrons. The molecule has 0 amide bonds. The van der Waals surface area contributed by atoms with Crippen LogP contribution in [0.2, 0.25) is 0 Å². The largest absolute Gasteiger partial charge is 0.462 e. The molecular weight excluding hydrogens is 1030 g/mol. The van der Waals surface area contributed by atoms with Crippen LogP contribution >= 0.6 is 0 Å². The Bertz CT molecular complexity index is 2090. The fourth-order valence-corrected chi connectivity index (χ4v) is 15.4. The predicted molar refractivity (Wildman–Crippen MR) is 267 cm³/mol. The number of methoxy groups -OCH3 is 2. The molecule has 78 heavy (non-hydrogen) atoms. The number of hydrogen-bond acceptors (Lipinski definition) is 23. The van der Waals surface area contributed by atoms with Gasteiger partial charge in [-0.15, -0.1) is 0 Å². The number of aliphatic hydroxyl groups excluding tert-OH is 6. The van der Waals surface area contributed by atoms with Crippen molar-refractivity contribution < 1.29 is 112 Å². The smallest absolute Gasteiger partial charge is 0.302 e. The average molecular weight is 1120 g/mol. The first-order valence-electron chi connectivity index (χ1n) is 28.2. The number of aliphatic hydroxyl groups is 8. The summed E-state index contributed by atoms with van der Waals surface area (Å²) in [6.45, 7) is 13.3. The van der Waals surface area contributed by atoms with Crippen molar-refractivity contribution >= 4 is 11.8 Å². The SMILES string of the molecule is CO[C@H]1C[C@H](O[C@H]2CC[C@@]3(C)C(=CC[C@]4(O)[C@@H]3C[C@@H](OC(C)=O)[C@]3(C)[C@H](C(C)=O)CC[C@@]34O)C2)O[C@H](C)[C@H]1O[C@H]1C[C@H](O)[C@H](O[C@H]2C[C@H](O)[C@H](O[C@H]3C[C@@H](OC)[C@H](O[C@@H]4O[C@H](CO)[C@@H](O)[C@H](O)[C@H]4O)[C@@H](C)O3)[C@@H](C)O2)[C@@H](C)O1. The second-order valence-electron chi connectivity index (χ2n) is 24.3. The first kappa shape index (κ1) is 60.7. The van der Waals surface area contributed by atoms with Gasteiger partial charge in [0, 0.05) is 64.1 Å². The first-order chi connectivity index (χ1) is 36.8. The molecule has 29 atom stereocenters. The van der Waals surface area contributed by atoms with E-state index in [-0.39, 0.29) is 44.0 Å². The summed E-state index contributed by atoms with van der Waals surface area (Å²) in [6, 6.07) is 0. The van der Waals surface area contributed by atoms with Gasteiger partial charge in [-0.1, -0.05) is 25.5 Å². The lowest BCUT2D eigenvalue weighted by atomic mass is 9.43. The van der Waals surface area contributed by atoms with Crippen LogP contribution in [0.4, 0.5) is 0 Å². The van der Waals surface area contributed by atoms with Gasteiger partial charge in [0.1, 0.15) is 71.9 Å². The summed E-state index contributed by atoms with van der Waals surface area (Å²) in [7, 11) is 3.07. The number of ketones is 1. The lowest BCUT2D eigenvalue weighted by Gasteiger charge is -2.66. The summed E-state index contributed by atoms with van der Waals surface area (Å²) in [6.07, 6.45) is -14.7. The molecule has 23 nitrogen and oxygen atoms in total. The fourth-order valence-electron chi connectivity index (χ4n) is 15.4. The molecule has 23 heteroatoms. The van der Waals surface area contributed by atoms with Gasteiger partial charge in [0.15, 0.2) is 31.5 Å². The zero-order valence-corrected chi connectivity index (χ0v) is 46.7. The predicted octanol–water partition coefficient (Wildman–Crippen LogP) is 0.943. The Labute approximate surface area is 456 Å². The van der Waals surface area contributed by atoms with Gasteiger partial charge in [-0.05, 0) is 85.0 Å². The third-order valence-electron chi connectivity index (χ3n) is 19.8. The lowest BCUT2D eigenvalue weighted by Crippen LogP contribution is -2.75. The van der Waals surface area contributed by atoms with E-state index in [1.807, 2.05) is 13.8 Å². The van der Waals surface area contributed by atoms with Crippen LogP contribution < -0.4 is 0 Å². The number of Topliss-reactive ketones (excluding diaryl/α,β-unsaturated/α-hetero) is 1. The van der Waals surface area contributed by atoms with Crippen LogP contribution in [0.1, 0.15) is 126 Å². The van der Waals surface area contributed by atoms with Crippen molar-refractivity contribution in [3.63, 3.8) is 0 Å². The summed E-state index contributed by atoms with van der Waals surface area (Å²) in [5.74, 6) is -1.57. The van der Waals surface area contributed by atoms with Crippen LogP contribution in [0.5, 0.6) is 0 Å². The minimum atomic E-state index is -1.65. The van der Waals surface area contributed by atoms with Gasteiger partial charge >= 0.3 is 5.97 Å². The van der Waals surface area contributed by atoms with Crippen LogP contribution in [-0.4, -0.2) is 226 Å². The normalized spacial score (nSPS) is 52.6. The van der Waals surface area contributed by atoms with E-state index in [4.69, 9.17) is 61.6 Å². The molecule has 5 saturated heterocycles. The molecule has 8 fully saturated rings. The Kier molecular flexibility index (Phi) is 18.4. The molecule has 0 aromatic heterocycles. The summed E-state index contributed by atoms with van der Waals surface area (Å²) in [5, 5.41) is 89.0. The molecule has 5 heterocycles. The summed E-state index contributed by atoms with van der Waals surface area (Å²) < 4.78 is 80.1. The first-order valence-corrected chi connectivity index (χ1v) is 28.2. The second kappa shape index (κ2) is 23.6. The van der Waals surface area contributed by atoms with E-state index in [1.54, 1.807) is 27.9 Å². The number of carbonyl (C=O) groups is 2. The molecule has 0 aromatic rings. The van der Waals surface area contributed by atoms with E-state index in [2.05, 4.69) is 13.0 Å². The summed E-state index contributed by atoms with van der Waals surface area (Å²) in [5.41, 5.74) is -3.75. The summed E-state index contributed by atoms with van der Waals surface area (Å²) in [4.78, 5) is 25.5. The molecular formula is C55H88O23. The Morgan fingerprint density at radius 1 is 0.641 bits per heavy atom. The fraction of sp³-hybridized carbons (Fsp3) is 0.927. The molecule has 9 rings (SSSR count). The van der Waals surface area contributed by atoms with Crippen LogP contribution in [-0.2, 0) is 71.2 Å². The van der Waals surface area contributed by atoms with E-state index in [1.165, 1.54) is 21.0 Å². The quantitative estimate of drug-likeness (QED) is 0.0836. The molecule has 0 bridgehead atoms. The molecule has 0 aromatic carbocycles. The van der Waals surface area contributed by atoms with Crippen LogP contribution in [0, 0.1) is 22.7 Å². The van der Waals surface area contributed by atoms with Crippen LogP contribution in [0.15, 0.2) is 11.6 Å². The topological polar surface area (TPSA) is 316 Å². The lowest BCUT2D eigenvalue weighted by molar-refractivity contribution is -0.357. The second-order valence-corrected chi connectivity index (χ2v) is 24.3. The van der Waals surface area contributed by atoms with E-state index in [0.29, 0.717) is 38.5 Å². The maximum Gasteiger partial charge on any atom is 0.302 e. The highest BCUT2D eigenvalue weighted by molar-refractivity contribution is 5.80. The highest BCUT2D eigenvalue weighted by Crippen LogP contribution is 2.70. The third-order valence-corrected chi connectivity index (χ3v) is 19.8. The Morgan fingerprint density at radius 3 is 1.67 bits per heavy atom. The van der Waals surface area contributed by atoms with E-state index in [9.17, 15) is 50.4 Å². The Hall–Kier alpha value is -1.92. The Balaban J connectivity index is 0.746.